The monoisotopic (exact) mass is 624 g/mol. The van der Waals surface area contributed by atoms with E-state index in [1.54, 1.807) is 91.0 Å². The summed E-state index contributed by atoms with van der Waals surface area (Å²) in [4.78, 5) is 39.7. The van der Waals surface area contributed by atoms with Gasteiger partial charge < -0.3 is 24.8 Å². The number of aliphatic hydroxyl groups is 1. The third kappa shape index (κ3) is 6.31. The van der Waals surface area contributed by atoms with Crippen molar-refractivity contribution < 1.29 is 39.2 Å². The van der Waals surface area contributed by atoms with Gasteiger partial charge in [0.2, 0.25) is 11.4 Å². The van der Waals surface area contributed by atoms with Gasteiger partial charge in [-0.05, 0) is 42.5 Å². The number of rotatable bonds is 10. The third-order valence-electron chi connectivity index (χ3n) is 7.67. The number of aromatic hydroxyl groups is 2. The highest BCUT2D eigenvalue weighted by atomic mass is 16.5. The van der Waals surface area contributed by atoms with Crippen LogP contribution in [-0.4, -0.2) is 44.4 Å². The van der Waals surface area contributed by atoms with Crippen LogP contribution >= 0.6 is 0 Å². The van der Waals surface area contributed by atoms with Crippen molar-refractivity contribution in [2.24, 2.45) is 0 Å². The number of carbonyl (C=O) groups excluding carboxylic acids is 3. The first kappa shape index (κ1) is 30.8. The Balaban J connectivity index is 1.27. The number of phenols is 2. The van der Waals surface area contributed by atoms with Crippen LogP contribution < -0.4 is 9.47 Å². The van der Waals surface area contributed by atoms with E-state index in [2.05, 4.69) is 0 Å². The minimum Gasteiger partial charge on any atom is -0.507 e. The van der Waals surface area contributed by atoms with Gasteiger partial charge in [0.1, 0.15) is 34.9 Å². The maximum Gasteiger partial charge on any atom is 0.219 e. The van der Waals surface area contributed by atoms with Crippen molar-refractivity contribution in [1.82, 2.24) is 0 Å². The molecule has 5 aromatic rings. The number of Topliss-reactive ketones (excluding diaryl/α,β-unsaturated/α-hetero) is 1. The van der Waals surface area contributed by atoms with Gasteiger partial charge in [0.15, 0.2) is 11.6 Å². The molecule has 2 unspecified atom stereocenters. The third-order valence-corrected chi connectivity index (χ3v) is 7.67. The van der Waals surface area contributed by atoms with E-state index in [0.29, 0.717) is 11.1 Å². The van der Waals surface area contributed by atoms with E-state index in [1.807, 2.05) is 0 Å². The summed E-state index contributed by atoms with van der Waals surface area (Å²) in [5.41, 5.74) is -0.763. The summed E-state index contributed by atoms with van der Waals surface area (Å²) in [5, 5.41) is 32.8. The maximum absolute atomic E-state index is 13.9. The summed E-state index contributed by atoms with van der Waals surface area (Å²) >= 11 is 0. The predicted octanol–water partition coefficient (Wildman–Crippen LogP) is 6.45. The zero-order valence-corrected chi connectivity index (χ0v) is 24.8. The first-order chi connectivity index (χ1) is 22.7. The Hall–Kier alpha value is -6.25. The first-order valence-corrected chi connectivity index (χ1v) is 14.7. The molecule has 8 nitrogen and oxygen atoms in total. The quantitative estimate of drug-likeness (QED) is 0.151. The number of hydrogen-bond donors (Lipinski definition) is 3. The predicted molar refractivity (Wildman–Crippen MR) is 174 cm³/mol. The molecule has 0 aromatic heterocycles. The second-order valence-electron chi connectivity index (χ2n) is 10.8. The Morgan fingerprint density at radius 1 is 0.596 bits per heavy atom. The molecule has 5 aromatic carbocycles. The fraction of sp³-hybridized carbons (Fsp3) is 0.0513. The summed E-state index contributed by atoms with van der Waals surface area (Å²) in [6.45, 7) is 0. The second-order valence-corrected chi connectivity index (χ2v) is 10.8. The summed E-state index contributed by atoms with van der Waals surface area (Å²) < 4.78 is 12.0. The zero-order valence-electron chi connectivity index (χ0n) is 24.8. The molecule has 232 valence electrons. The summed E-state index contributed by atoms with van der Waals surface area (Å²) in [6, 6.07) is 33.6. The minimum absolute atomic E-state index is 0.0291. The Labute approximate surface area is 270 Å². The molecule has 0 heterocycles. The van der Waals surface area contributed by atoms with Crippen molar-refractivity contribution in [3.8, 4) is 23.0 Å². The molecule has 0 fully saturated rings. The molecule has 0 radical (unpaired) electrons. The van der Waals surface area contributed by atoms with E-state index in [-0.39, 0.29) is 51.2 Å². The van der Waals surface area contributed by atoms with Crippen molar-refractivity contribution in [3.05, 3.63) is 179 Å². The van der Waals surface area contributed by atoms with E-state index in [0.717, 1.165) is 0 Å². The van der Waals surface area contributed by atoms with Crippen molar-refractivity contribution in [3.63, 3.8) is 0 Å². The van der Waals surface area contributed by atoms with Crippen LogP contribution in [0.25, 0.3) is 0 Å². The van der Waals surface area contributed by atoms with Crippen molar-refractivity contribution in [2.45, 2.75) is 11.7 Å². The van der Waals surface area contributed by atoms with Crippen LogP contribution in [0, 0.1) is 0 Å². The lowest BCUT2D eigenvalue weighted by Gasteiger charge is -2.35. The molecule has 0 aliphatic heterocycles. The molecule has 1 aliphatic carbocycles. The summed E-state index contributed by atoms with van der Waals surface area (Å²) in [6.07, 6.45) is 2.51. The molecule has 47 heavy (non-hydrogen) atoms. The molecule has 0 amide bonds. The molecule has 6 rings (SSSR count). The first-order valence-electron chi connectivity index (χ1n) is 14.7. The SMILES string of the molecule is O=C(c1ccccc1)c1ccc(OC2=CC(O)C(Oc3ccc(C(=O)c4ccccc4)c(O)c3)(C(=O)c3ccccc3)C=C2)cc1O. The van der Waals surface area contributed by atoms with Gasteiger partial charge in [-0.15, -0.1) is 0 Å². The van der Waals surface area contributed by atoms with Crippen molar-refractivity contribution in [2.75, 3.05) is 0 Å². The van der Waals surface area contributed by atoms with Gasteiger partial charge in [-0.3, -0.25) is 14.4 Å². The van der Waals surface area contributed by atoms with Crippen LogP contribution in [0.3, 0.4) is 0 Å². The van der Waals surface area contributed by atoms with E-state index >= 15 is 0 Å². The van der Waals surface area contributed by atoms with Crippen LogP contribution in [-0.2, 0) is 0 Å². The van der Waals surface area contributed by atoms with Crippen molar-refractivity contribution >= 4 is 17.3 Å². The minimum atomic E-state index is -1.97. The van der Waals surface area contributed by atoms with Crippen LogP contribution in [0.1, 0.15) is 42.2 Å². The molecule has 0 saturated heterocycles. The molecule has 0 spiro atoms. The summed E-state index contributed by atoms with van der Waals surface area (Å²) in [7, 11) is 0. The van der Waals surface area contributed by atoms with E-state index < -0.39 is 23.3 Å². The molecule has 2 atom stereocenters. The smallest absolute Gasteiger partial charge is 0.219 e. The second kappa shape index (κ2) is 13.0. The molecule has 3 N–H and O–H groups in total. The van der Waals surface area contributed by atoms with E-state index in [9.17, 15) is 29.7 Å². The van der Waals surface area contributed by atoms with Gasteiger partial charge in [-0.1, -0.05) is 91.0 Å². The molecule has 1 aliphatic rings. The molecular formula is C39H28O8. The Morgan fingerprint density at radius 2 is 1.06 bits per heavy atom. The zero-order chi connectivity index (χ0) is 33.0. The molecule has 0 saturated carbocycles. The van der Waals surface area contributed by atoms with Crippen LogP contribution in [0.2, 0.25) is 0 Å². The largest absolute Gasteiger partial charge is 0.507 e. The number of benzene rings is 5. The molecule has 0 bridgehead atoms. The fourth-order valence-corrected chi connectivity index (χ4v) is 5.23. The average molecular weight is 625 g/mol. The topological polar surface area (TPSA) is 130 Å². The Kier molecular flexibility index (Phi) is 8.51. The number of ether oxygens (including phenoxy) is 2. The van der Waals surface area contributed by atoms with Crippen LogP contribution in [0.15, 0.2) is 151 Å². The lowest BCUT2D eigenvalue weighted by molar-refractivity contribution is 0.0102. The molecular weight excluding hydrogens is 596 g/mol. The van der Waals surface area contributed by atoms with Gasteiger partial charge >= 0.3 is 0 Å². The Morgan fingerprint density at radius 3 is 1.55 bits per heavy atom. The lowest BCUT2D eigenvalue weighted by Crippen LogP contribution is -2.53. The number of hydrogen-bond acceptors (Lipinski definition) is 8. The van der Waals surface area contributed by atoms with Gasteiger partial charge in [0, 0.05) is 28.8 Å². The molecule has 8 heteroatoms. The van der Waals surface area contributed by atoms with Gasteiger partial charge in [-0.25, -0.2) is 0 Å². The van der Waals surface area contributed by atoms with Crippen LogP contribution in [0.5, 0.6) is 23.0 Å². The van der Waals surface area contributed by atoms with Crippen molar-refractivity contribution in [1.29, 1.82) is 0 Å². The van der Waals surface area contributed by atoms with Gasteiger partial charge in [0.25, 0.3) is 0 Å². The number of aliphatic hydroxyl groups excluding tert-OH is 1. The summed E-state index contributed by atoms with van der Waals surface area (Å²) in [5.74, 6) is -1.61. The number of ketones is 3. The van der Waals surface area contributed by atoms with E-state index in [1.165, 1.54) is 54.6 Å². The van der Waals surface area contributed by atoms with Gasteiger partial charge in [-0.2, -0.15) is 0 Å². The van der Waals surface area contributed by atoms with Gasteiger partial charge in [0.05, 0.1) is 11.1 Å². The number of carbonyl (C=O) groups is 3. The highest BCUT2D eigenvalue weighted by molar-refractivity contribution is 6.11. The lowest BCUT2D eigenvalue weighted by atomic mass is 9.83. The fourth-order valence-electron chi connectivity index (χ4n) is 5.23. The maximum atomic E-state index is 13.9. The van der Waals surface area contributed by atoms with Crippen LogP contribution in [0.4, 0.5) is 0 Å². The highest BCUT2D eigenvalue weighted by Gasteiger charge is 2.47. The average Bonchev–Trinajstić information content (AvgIpc) is 3.10. The standard InChI is InChI=1S/C39H28O8/c40-33-22-28(16-18-31(33)36(43)25-10-4-1-5-11-25)46-29-20-21-39(35(42)24-29,38(45)27-14-8-3-9-15-27)47-30-17-19-32(34(41)23-30)37(44)26-12-6-2-7-13-26/h1-24,35,40-42H. The Bertz CT molecular complexity index is 2020. The number of phenolic OH excluding ortho intramolecular Hbond substituents is 2. The number of allylic oxidation sites excluding steroid dienone is 1. The highest BCUT2D eigenvalue weighted by Crippen LogP contribution is 2.35. The van der Waals surface area contributed by atoms with E-state index in [4.69, 9.17) is 9.47 Å². The normalized spacial score (nSPS) is 17.0.